The molecule has 12 heteroatoms. The normalized spacial score (nSPS) is 13.8. The maximum absolute atomic E-state index is 14.5. The van der Waals surface area contributed by atoms with Crippen LogP contribution < -0.4 is 28.6 Å². The SMILES string of the molecule is CC[C@@H](C(=O)NC1CCCC1)N(Cc1ccc(C)cc1)C(=O)CN(c1cc(OC)ccc1OC)S(=O)(=O)c1ccc(OC)c(OC)c1. The summed E-state index contributed by atoms with van der Waals surface area (Å²) in [6, 6.07) is 15.8. The smallest absolute Gasteiger partial charge is 0.265 e. The van der Waals surface area contributed by atoms with Gasteiger partial charge in [-0.2, -0.15) is 0 Å². The molecule has 0 unspecified atom stereocenters. The van der Waals surface area contributed by atoms with Crippen molar-refractivity contribution < 1.29 is 37.0 Å². The van der Waals surface area contributed by atoms with Crippen LogP contribution in [0.15, 0.2) is 65.6 Å². The number of hydrogen-bond acceptors (Lipinski definition) is 8. The Morgan fingerprint density at radius 1 is 0.851 bits per heavy atom. The molecule has 0 saturated heterocycles. The van der Waals surface area contributed by atoms with Crippen molar-refractivity contribution in [3.05, 3.63) is 71.8 Å². The van der Waals surface area contributed by atoms with E-state index in [-0.39, 0.29) is 40.6 Å². The van der Waals surface area contributed by atoms with Gasteiger partial charge in [0.1, 0.15) is 24.1 Å². The van der Waals surface area contributed by atoms with E-state index in [2.05, 4.69) is 5.32 Å². The Bertz CT molecular complexity index is 1640. The zero-order valence-electron chi connectivity index (χ0n) is 27.9. The fourth-order valence-corrected chi connectivity index (χ4v) is 7.22. The fourth-order valence-electron chi connectivity index (χ4n) is 5.79. The minimum Gasteiger partial charge on any atom is -0.497 e. The molecular formula is C35H45N3O8S. The number of sulfonamides is 1. The molecule has 1 aliphatic rings. The van der Waals surface area contributed by atoms with E-state index in [1.54, 1.807) is 12.1 Å². The highest BCUT2D eigenvalue weighted by Gasteiger charge is 2.36. The molecule has 254 valence electrons. The van der Waals surface area contributed by atoms with E-state index in [1.165, 1.54) is 57.6 Å². The van der Waals surface area contributed by atoms with Crippen LogP contribution in [0.2, 0.25) is 0 Å². The van der Waals surface area contributed by atoms with Crippen LogP contribution in [0.1, 0.15) is 50.2 Å². The number of hydrogen-bond donors (Lipinski definition) is 1. The summed E-state index contributed by atoms with van der Waals surface area (Å²) in [5, 5.41) is 3.13. The number of nitrogens with zero attached hydrogens (tertiary/aromatic N) is 2. The molecule has 1 fully saturated rings. The van der Waals surface area contributed by atoms with E-state index < -0.39 is 28.5 Å². The Morgan fingerprint density at radius 2 is 1.49 bits per heavy atom. The van der Waals surface area contributed by atoms with E-state index in [1.807, 2.05) is 38.1 Å². The molecular weight excluding hydrogens is 622 g/mol. The number of ether oxygens (including phenoxy) is 4. The van der Waals surface area contributed by atoms with Crippen molar-refractivity contribution in [3.63, 3.8) is 0 Å². The van der Waals surface area contributed by atoms with Gasteiger partial charge >= 0.3 is 0 Å². The zero-order valence-corrected chi connectivity index (χ0v) is 28.8. The molecule has 2 amide bonds. The molecule has 1 aliphatic carbocycles. The predicted octanol–water partition coefficient (Wildman–Crippen LogP) is 5.09. The summed E-state index contributed by atoms with van der Waals surface area (Å²) < 4.78 is 51.7. The molecule has 3 aromatic carbocycles. The van der Waals surface area contributed by atoms with Crippen LogP contribution in [0.25, 0.3) is 0 Å². The Hall–Kier alpha value is -4.45. The first-order valence-corrected chi connectivity index (χ1v) is 17.1. The van der Waals surface area contributed by atoms with Crippen molar-refractivity contribution in [2.24, 2.45) is 0 Å². The van der Waals surface area contributed by atoms with Gasteiger partial charge in [0.15, 0.2) is 11.5 Å². The first-order chi connectivity index (χ1) is 22.6. The van der Waals surface area contributed by atoms with Crippen LogP contribution in [0, 0.1) is 6.92 Å². The van der Waals surface area contributed by atoms with Crippen molar-refractivity contribution in [3.8, 4) is 23.0 Å². The van der Waals surface area contributed by atoms with Crippen LogP contribution in [-0.4, -0.2) is 72.2 Å². The van der Waals surface area contributed by atoms with E-state index >= 15 is 0 Å². The standard InChI is InChI=1S/C35H45N3O8S/c1-7-29(35(40)36-26-10-8-9-11-26)37(22-25-14-12-24(2)13-15-25)34(39)23-38(30-20-27(43-3)16-18-31(30)44-4)47(41,42)28-17-19-32(45-5)33(21-28)46-6/h12-21,26,29H,7-11,22-23H2,1-6H3,(H,36,40)/t29-/m0/s1. The molecule has 0 heterocycles. The van der Waals surface area contributed by atoms with E-state index in [4.69, 9.17) is 18.9 Å². The average molecular weight is 668 g/mol. The number of anilines is 1. The lowest BCUT2D eigenvalue weighted by atomic mass is 10.1. The number of methoxy groups -OCH3 is 4. The van der Waals surface area contributed by atoms with Gasteiger partial charge in [-0.25, -0.2) is 8.42 Å². The Kier molecular flexibility index (Phi) is 12.0. The summed E-state index contributed by atoms with van der Waals surface area (Å²) >= 11 is 0. The monoisotopic (exact) mass is 667 g/mol. The molecule has 1 atom stereocenters. The van der Waals surface area contributed by atoms with Gasteiger partial charge in [0.25, 0.3) is 10.0 Å². The summed E-state index contributed by atoms with van der Waals surface area (Å²) in [6.45, 7) is 3.29. The Labute approximate surface area is 277 Å². The van der Waals surface area contributed by atoms with Crippen molar-refractivity contribution >= 4 is 27.5 Å². The molecule has 0 aromatic heterocycles. The number of benzene rings is 3. The van der Waals surface area contributed by atoms with E-state index in [0.29, 0.717) is 17.9 Å². The van der Waals surface area contributed by atoms with Crippen molar-refractivity contribution in [2.45, 2.75) is 69.5 Å². The number of rotatable bonds is 15. The summed E-state index contributed by atoms with van der Waals surface area (Å²) in [5.41, 5.74) is 1.95. The van der Waals surface area contributed by atoms with Gasteiger partial charge < -0.3 is 29.2 Å². The van der Waals surface area contributed by atoms with Crippen molar-refractivity contribution in [1.29, 1.82) is 0 Å². The highest BCUT2D eigenvalue weighted by molar-refractivity contribution is 7.92. The lowest BCUT2D eigenvalue weighted by Crippen LogP contribution is -2.53. The van der Waals surface area contributed by atoms with Gasteiger partial charge in [-0.05, 0) is 56.0 Å². The molecule has 1 N–H and O–H groups in total. The lowest BCUT2D eigenvalue weighted by Gasteiger charge is -2.34. The Balaban J connectivity index is 1.81. The minimum absolute atomic E-state index is 0.0517. The first-order valence-electron chi connectivity index (χ1n) is 15.7. The van der Waals surface area contributed by atoms with Crippen LogP contribution >= 0.6 is 0 Å². The van der Waals surface area contributed by atoms with E-state index in [9.17, 15) is 18.0 Å². The molecule has 3 aromatic rings. The molecule has 47 heavy (non-hydrogen) atoms. The zero-order chi connectivity index (χ0) is 34.1. The second kappa shape index (κ2) is 15.9. The predicted molar refractivity (Wildman–Crippen MR) is 180 cm³/mol. The number of carbonyl (C=O) groups excluding carboxylic acids is 2. The van der Waals surface area contributed by atoms with Gasteiger partial charge in [0.05, 0.1) is 39.0 Å². The molecule has 0 bridgehead atoms. The second-order valence-corrected chi connectivity index (χ2v) is 13.3. The quantitative estimate of drug-likeness (QED) is 0.238. The number of aryl methyl sites for hydroxylation is 1. The molecule has 1 saturated carbocycles. The maximum atomic E-state index is 14.5. The third-order valence-electron chi connectivity index (χ3n) is 8.44. The highest BCUT2D eigenvalue weighted by atomic mass is 32.2. The number of amides is 2. The lowest BCUT2D eigenvalue weighted by molar-refractivity contribution is -0.140. The first kappa shape index (κ1) is 35.4. The number of carbonyl (C=O) groups is 2. The average Bonchev–Trinajstić information content (AvgIpc) is 3.60. The fraction of sp³-hybridized carbons (Fsp3) is 0.429. The largest absolute Gasteiger partial charge is 0.497 e. The van der Waals surface area contributed by atoms with Crippen LogP contribution in [0.3, 0.4) is 0 Å². The molecule has 0 aliphatic heterocycles. The third kappa shape index (κ3) is 8.29. The van der Waals surface area contributed by atoms with Gasteiger partial charge in [0, 0.05) is 24.7 Å². The highest BCUT2D eigenvalue weighted by Crippen LogP contribution is 2.38. The second-order valence-electron chi connectivity index (χ2n) is 11.5. The van der Waals surface area contributed by atoms with Crippen LogP contribution in [0.5, 0.6) is 23.0 Å². The Morgan fingerprint density at radius 3 is 2.09 bits per heavy atom. The molecule has 0 spiro atoms. The van der Waals surface area contributed by atoms with Gasteiger partial charge in [-0.15, -0.1) is 0 Å². The molecule has 11 nitrogen and oxygen atoms in total. The van der Waals surface area contributed by atoms with Gasteiger partial charge in [0.2, 0.25) is 11.8 Å². The third-order valence-corrected chi connectivity index (χ3v) is 10.2. The molecule has 4 rings (SSSR count). The number of nitrogens with one attached hydrogen (secondary N) is 1. The van der Waals surface area contributed by atoms with Gasteiger partial charge in [-0.3, -0.25) is 13.9 Å². The topological polar surface area (TPSA) is 124 Å². The summed E-state index contributed by atoms with van der Waals surface area (Å²) in [7, 11) is 1.30. The van der Waals surface area contributed by atoms with Crippen LogP contribution in [-0.2, 0) is 26.2 Å². The van der Waals surface area contributed by atoms with Crippen LogP contribution in [0.4, 0.5) is 5.69 Å². The van der Waals surface area contributed by atoms with Gasteiger partial charge in [-0.1, -0.05) is 49.6 Å². The minimum atomic E-state index is -4.43. The summed E-state index contributed by atoms with van der Waals surface area (Å²) in [4.78, 5) is 29.6. The summed E-state index contributed by atoms with van der Waals surface area (Å²) in [6.07, 6.45) is 4.20. The van der Waals surface area contributed by atoms with E-state index in [0.717, 1.165) is 41.1 Å². The molecule has 0 radical (unpaired) electrons. The maximum Gasteiger partial charge on any atom is 0.265 e. The summed E-state index contributed by atoms with van der Waals surface area (Å²) in [5.74, 6) is 0.295. The van der Waals surface area contributed by atoms with Crippen molar-refractivity contribution in [1.82, 2.24) is 10.2 Å². The van der Waals surface area contributed by atoms with Crippen molar-refractivity contribution in [2.75, 3.05) is 39.3 Å².